The van der Waals surface area contributed by atoms with Crippen LogP contribution >= 0.6 is 0 Å². The van der Waals surface area contributed by atoms with Crippen molar-refractivity contribution in [1.29, 1.82) is 0 Å². The highest BCUT2D eigenvalue weighted by molar-refractivity contribution is 6.08. The van der Waals surface area contributed by atoms with E-state index in [-0.39, 0.29) is 31.3 Å². The van der Waals surface area contributed by atoms with Crippen LogP contribution in [0.3, 0.4) is 0 Å². The number of rotatable bonds is 5. The van der Waals surface area contributed by atoms with Gasteiger partial charge in [-0.2, -0.15) is 0 Å². The summed E-state index contributed by atoms with van der Waals surface area (Å²) in [5.74, 6) is -1.16. The molecule has 2 aromatic carbocycles. The summed E-state index contributed by atoms with van der Waals surface area (Å²) >= 11 is 0. The summed E-state index contributed by atoms with van der Waals surface area (Å²) in [6.07, 6.45) is -0.144. The zero-order chi connectivity index (χ0) is 21.1. The maximum absolute atomic E-state index is 12.8. The largest absolute Gasteiger partial charge is 0.348 e. The van der Waals surface area contributed by atoms with Crippen LogP contribution in [0.1, 0.15) is 6.42 Å². The molecule has 2 aliphatic heterocycles. The van der Waals surface area contributed by atoms with Gasteiger partial charge in [-0.05, 0) is 24.3 Å². The van der Waals surface area contributed by atoms with Gasteiger partial charge in [0.25, 0.3) is 0 Å². The first-order valence-corrected chi connectivity index (χ1v) is 9.62. The van der Waals surface area contributed by atoms with E-state index in [4.69, 9.17) is 0 Å². The molecule has 2 heterocycles. The normalized spacial score (nSPS) is 17.8. The molecule has 3 N–H and O–H groups in total. The number of hydrogen-bond donors (Lipinski definition) is 3. The Balaban J connectivity index is 1.56. The van der Waals surface area contributed by atoms with Crippen molar-refractivity contribution in [1.82, 2.24) is 10.2 Å². The molecule has 9 heteroatoms. The van der Waals surface area contributed by atoms with Gasteiger partial charge in [-0.25, -0.2) is 4.79 Å². The third-order valence-corrected chi connectivity index (χ3v) is 5.05. The molecule has 1 atom stereocenters. The molecule has 0 unspecified atom stereocenters. The SMILES string of the molecule is O=C(C[C@H]1C(=O)Nc2ccccc2N1CC(=O)N1CCNC1=O)Nc1ccccc1. The van der Waals surface area contributed by atoms with Crippen molar-refractivity contribution >= 4 is 40.8 Å². The van der Waals surface area contributed by atoms with Crippen LogP contribution in [0.4, 0.5) is 21.9 Å². The van der Waals surface area contributed by atoms with Crippen LogP contribution in [0.5, 0.6) is 0 Å². The van der Waals surface area contributed by atoms with Gasteiger partial charge in [0.2, 0.25) is 17.7 Å². The van der Waals surface area contributed by atoms with Crippen molar-refractivity contribution in [3.8, 4) is 0 Å². The molecular weight excluding hydrogens is 386 g/mol. The summed E-state index contributed by atoms with van der Waals surface area (Å²) in [7, 11) is 0. The number of urea groups is 1. The smallest absolute Gasteiger partial charge is 0.324 e. The van der Waals surface area contributed by atoms with Crippen LogP contribution in [0.15, 0.2) is 54.6 Å². The van der Waals surface area contributed by atoms with Crippen molar-refractivity contribution in [2.75, 3.05) is 35.2 Å². The third kappa shape index (κ3) is 3.95. The van der Waals surface area contributed by atoms with Crippen molar-refractivity contribution in [3.05, 3.63) is 54.6 Å². The summed E-state index contributed by atoms with van der Waals surface area (Å²) in [6.45, 7) is 0.476. The minimum atomic E-state index is -0.891. The van der Waals surface area contributed by atoms with E-state index < -0.39 is 18.0 Å². The fraction of sp³-hybridized carbons (Fsp3) is 0.238. The number of amides is 5. The molecule has 1 fully saturated rings. The van der Waals surface area contributed by atoms with Gasteiger partial charge in [-0.3, -0.25) is 19.3 Å². The van der Waals surface area contributed by atoms with E-state index in [0.717, 1.165) is 4.90 Å². The van der Waals surface area contributed by atoms with Crippen molar-refractivity contribution in [2.24, 2.45) is 0 Å². The Hall–Kier alpha value is -3.88. The highest BCUT2D eigenvalue weighted by Crippen LogP contribution is 2.33. The molecule has 9 nitrogen and oxygen atoms in total. The van der Waals surface area contributed by atoms with E-state index in [1.807, 2.05) is 6.07 Å². The number of imide groups is 1. The minimum Gasteiger partial charge on any atom is -0.348 e. The van der Waals surface area contributed by atoms with Gasteiger partial charge in [-0.1, -0.05) is 30.3 Å². The number of hydrogen-bond acceptors (Lipinski definition) is 5. The molecule has 0 aliphatic carbocycles. The second-order valence-corrected chi connectivity index (χ2v) is 7.05. The van der Waals surface area contributed by atoms with Gasteiger partial charge in [-0.15, -0.1) is 0 Å². The molecule has 2 aliphatic rings. The summed E-state index contributed by atoms with van der Waals surface area (Å²) < 4.78 is 0. The maximum Gasteiger partial charge on any atom is 0.324 e. The summed E-state index contributed by atoms with van der Waals surface area (Å²) in [6, 6.07) is 14.7. The number of fused-ring (bicyclic) bond motifs is 1. The highest BCUT2D eigenvalue weighted by Gasteiger charge is 2.37. The topological polar surface area (TPSA) is 111 Å². The lowest BCUT2D eigenvalue weighted by molar-refractivity contribution is -0.127. The van der Waals surface area contributed by atoms with Crippen LogP contribution in [0.25, 0.3) is 0 Å². The second kappa shape index (κ2) is 8.24. The molecule has 0 spiro atoms. The van der Waals surface area contributed by atoms with E-state index in [1.54, 1.807) is 53.4 Å². The van der Waals surface area contributed by atoms with Crippen LogP contribution in [0, 0.1) is 0 Å². The lowest BCUT2D eigenvalue weighted by atomic mass is 10.0. The highest BCUT2D eigenvalue weighted by atomic mass is 16.2. The molecule has 5 amide bonds. The van der Waals surface area contributed by atoms with E-state index in [2.05, 4.69) is 16.0 Å². The van der Waals surface area contributed by atoms with Gasteiger partial charge < -0.3 is 20.9 Å². The zero-order valence-electron chi connectivity index (χ0n) is 16.1. The quantitative estimate of drug-likeness (QED) is 0.694. The maximum atomic E-state index is 12.8. The summed E-state index contributed by atoms with van der Waals surface area (Å²) in [5, 5.41) is 8.15. The Morgan fingerprint density at radius 2 is 1.77 bits per heavy atom. The van der Waals surface area contributed by atoms with E-state index in [1.165, 1.54) is 0 Å². The Bertz CT molecular complexity index is 994. The third-order valence-electron chi connectivity index (χ3n) is 5.05. The molecule has 4 rings (SSSR count). The number of nitrogens with zero attached hydrogens (tertiary/aromatic N) is 2. The molecule has 30 heavy (non-hydrogen) atoms. The Kier molecular flexibility index (Phi) is 5.34. The number of anilines is 3. The molecule has 154 valence electrons. The van der Waals surface area contributed by atoms with Crippen LogP contribution < -0.4 is 20.9 Å². The number of carbonyl (C=O) groups is 4. The Labute approximate surface area is 173 Å². The van der Waals surface area contributed by atoms with Crippen molar-refractivity contribution in [3.63, 3.8) is 0 Å². The van der Waals surface area contributed by atoms with Crippen LogP contribution in [0.2, 0.25) is 0 Å². The average Bonchev–Trinajstić information content (AvgIpc) is 3.17. The average molecular weight is 407 g/mol. The lowest BCUT2D eigenvalue weighted by Crippen LogP contribution is -2.53. The van der Waals surface area contributed by atoms with Gasteiger partial charge in [0.1, 0.15) is 6.04 Å². The minimum absolute atomic E-state index is 0.144. The zero-order valence-corrected chi connectivity index (χ0v) is 16.1. The monoisotopic (exact) mass is 407 g/mol. The lowest BCUT2D eigenvalue weighted by Gasteiger charge is -2.37. The number of carbonyl (C=O) groups excluding carboxylic acids is 4. The van der Waals surface area contributed by atoms with Gasteiger partial charge in [0.15, 0.2) is 0 Å². The Morgan fingerprint density at radius 3 is 2.50 bits per heavy atom. The molecule has 0 aromatic heterocycles. The van der Waals surface area contributed by atoms with Crippen LogP contribution in [-0.4, -0.2) is 54.3 Å². The number of benzene rings is 2. The standard InChI is InChI=1S/C21H21N5O4/c27-18(23-14-6-2-1-3-7-14)12-17-20(29)24-15-8-4-5-9-16(15)26(17)13-19(28)25-11-10-22-21(25)30/h1-9,17H,10-13H2,(H,22,30)(H,23,27)(H,24,29)/t17-/m0/s1. The second-order valence-electron chi connectivity index (χ2n) is 7.05. The van der Waals surface area contributed by atoms with Crippen molar-refractivity contribution in [2.45, 2.75) is 12.5 Å². The summed E-state index contributed by atoms with van der Waals surface area (Å²) in [5.41, 5.74) is 1.80. The first-order valence-electron chi connectivity index (χ1n) is 9.62. The molecule has 0 saturated carbocycles. The van der Waals surface area contributed by atoms with E-state index in [0.29, 0.717) is 23.6 Å². The molecule has 2 aromatic rings. The summed E-state index contributed by atoms with van der Waals surface area (Å²) in [4.78, 5) is 52.7. The van der Waals surface area contributed by atoms with Crippen LogP contribution in [-0.2, 0) is 14.4 Å². The van der Waals surface area contributed by atoms with Gasteiger partial charge in [0, 0.05) is 18.8 Å². The first kappa shape index (κ1) is 19.4. The number of para-hydroxylation sites is 3. The molecule has 0 radical (unpaired) electrons. The van der Waals surface area contributed by atoms with Gasteiger partial charge in [0.05, 0.1) is 24.3 Å². The Morgan fingerprint density at radius 1 is 1.03 bits per heavy atom. The predicted molar refractivity (Wildman–Crippen MR) is 111 cm³/mol. The van der Waals surface area contributed by atoms with E-state index in [9.17, 15) is 19.2 Å². The van der Waals surface area contributed by atoms with Gasteiger partial charge >= 0.3 is 6.03 Å². The fourth-order valence-corrected chi connectivity index (χ4v) is 3.60. The molecular formula is C21H21N5O4. The molecule has 0 bridgehead atoms. The first-order chi connectivity index (χ1) is 14.5. The van der Waals surface area contributed by atoms with E-state index >= 15 is 0 Å². The number of nitrogens with one attached hydrogen (secondary N) is 3. The fourth-order valence-electron chi connectivity index (χ4n) is 3.60. The molecule has 1 saturated heterocycles. The predicted octanol–water partition coefficient (Wildman–Crippen LogP) is 1.39. The van der Waals surface area contributed by atoms with Crippen molar-refractivity contribution < 1.29 is 19.2 Å².